The smallest absolute Gasteiger partial charge is 0.265 e. The van der Waals surface area contributed by atoms with Gasteiger partial charge in [0.25, 0.3) is 10.0 Å². The fourth-order valence-corrected chi connectivity index (χ4v) is 3.84. The zero-order valence-electron chi connectivity index (χ0n) is 14.7. The van der Waals surface area contributed by atoms with Crippen molar-refractivity contribution in [2.45, 2.75) is 11.8 Å². The Morgan fingerprint density at radius 1 is 1.04 bits per heavy atom. The van der Waals surface area contributed by atoms with Crippen LogP contribution < -0.4 is 14.8 Å². The normalized spacial score (nSPS) is 11.1. The molecule has 0 bridgehead atoms. The van der Waals surface area contributed by atoms with Crippen LogP contribution >= 0.6 is 11.6 Å². The second kappa shape index (κ2) is 7.85. The third kappa shape index (κ3) is 4.50. The number of aromatic nitrogens is 1. The lowest BCUT2D eigenvalue weighted by Gasteiger charge is -2.14. The lowest BCUT2D eigenvalue weighted by Crippen LogP contribution is -2.15. The molecule has 0 saturated carbocycles. The number of methoxy groups -OCH3 is 1. The van der Waals surface area contributed by atoms with Crippen molar-refractivity contribution in [1.82, 2.24) is 4.98 Å². The molecule has 0 spiro atoms. The first-order valence-electron chi connectivity index (χ1n) is 8.04. The molecule has 3 rings (SSSR count). The first kappa shape index (κ1) is 19.0. The summed E-state index contributed by atoms with van der Waals surface area (Å²) in [4.78, 5) is 4.19. The lowest BCUT2D eigenvalue weighted by molar-refractivity contribution is 0.415. The van der Waals surface area contributed by atoms with E-state index in [1.54, 1.807) is 36.4 Å². The molecule has 0 fully saturated rings. The molecular weight excluding hydrogens is 386 g/mol. The van der Waals surface area contributed by atoms with Crippen LogP contribution in [0.25, 0.3) is 0 Å². The summed E-state index contributed by atoms with van der Waals surface area (Å²) < 4.78 is 33.3. The molecule has 6 nitrogen and oxygen atoms in total. The maximum absolute atomic E-state index is 12.8. The summed E-state index contributed by atoms with van der Waals surface area (Å²) >= 11 is 6.13. The molecule has 0 aliphatic rings. The van der Waals surface area contributed by atoms with E-state index in [4.69, 9.17) is 16.3 Å². The van der Waals surface area contributed by atoms with Gasteiger partial charge in [-0.2, -0.15) is 0 Å². The van der Waals surface area contributed by atoms with Gasteiger partial charge in [-0.05, 0) is 49.4 Å². The first-order valence-corrected chi connectivity index (χ1v) is 9.90. The molecular formula is C19H18ClN3O3S. The van der Waals surface area contributed by atoms with E-state index in [1.165, 1.54) is 19.4 Å². The molecule has 1 aromatic heterocycles. The quantitative estimate of drug-likeness (QED) is 0.628. The van der Waals surface area contributed by atoms with Gasteiger partial charge in [0, 0.05) is 17.6 Å². The van der Waals surface area contributed by atoms with E-state index in [1.807, 2.05) is 19.1 Å². The average Bonchev–Trinajstić information content (AvgIpc) is 2.64. The number of benzene rings is 2. The van der Waals surface area contributed by atoms with Gasteiger partial charge in [-0.3, -0.25) is 4.72 Å². The van der Waals surface area contributed by atoms with E-state index in [0.29, 0.717) is 22.1 Å². The highest BCUT2D eigenvalue weighted by Crippen LogP contribution is 2.30. The summed E-state index contributed by atoms with van der Waals surface area (Å²) in [6, 6.07) is 15.2. The molecule has 8 heteroatoms. The zero-order valence-corrected chi connectivity index (χ0v) is 16.3. The second-order valence-electron chi connectivity index (χ2n) is 5.80. The van der Waals surface area contributed by atoms with Crippen molar-refractivity contribution in [2.24, 2.45) is 0 Å². The minimum Gasteiger partial charge on any atom is -0.495 e. The van der Waals surface area contributed by atoms with Crippen LogP contribution in [0.2, 0.25) is 5.02 Å². The number of nitrogens with zero attached hydrogens (tertiary/aromatic N) is 1. The van der Waals surface area contributed by atoms with Crippen LogP contribution in [-0.4, -0.2) is 20.5 Å². The van der Waals surface area contributed by atoms with Gasteiger partial charge in [0.05, 0.1) is 12.1 Å². The summed E-state index contributed by atoms with van der Waals surface area (Å²) in [6.07, 6.45) is 1.51. The molecule has 0 aliphatic carbocycles. The summed E-state index contributed by atoms with van der Waals surface area (Å²) in [5.41, 5.74) is 2.10. The van der Waals surface area contributed by atoms with Gasteiger partial charge in [0.2, 0.25) is 0 Å². The molecule has 3 aromatic rings. The summed E-state index contributed by atoms with van der Waals surface area (Å²) in [5, 5.41) is 3.40. The fraction of sp³-hybridized carbons (Fsp3) is 0.105. The number of pyridine rings is 1. The molecule has 27 heavy (non-hydrogen) atoms. The Morgan fingerprint density at radius 3 is 2.41 bits per heavy atom. The number of anilines is 3. The van der Waals surface area contributed by atoms with Crippen molar-refractivity contribution in [3.63, 3.8) is 0 Å². The maximum Gasteiger partial charge on any atom is 0.265 e. The molecule has 0 amide bonds. The van der Waals surface area contributed by atoms with Crippen LogP contribution in [0.15, 0.2) is 65.7 Å². The van der Waals surface area contributed by atoms with Crippen LogP contribution in [0.4, 0.5) is 17.2 Å². The predicted molar refractivity (Wildman–Crippen MR) is 108 cm³/mol. The van der Waals surface area contributed by atoms with Crippen LogP contribution in [-0.2, 0) is 10.0 Å². The minimum absolute atomic E-state index is 0.0255. The van der Waals surface area contributed by atoms with Gasteiger partial charge < -0.3 is 10.1 Å². The van der Waals surface area contributed by atoms with Crippen molar-refractivity contribution >= 4 is 38.8 Å². The Hall–Kier alpha value is -2.77. The van der Waals surface area contributed by atoms with E-state index in [-0.39, 0.29) is 10.7 Å². The summed E-state index contributed by atoms with van der Waals surface area (Å²) in [5.74, 6) is 0.718. The van der Waals surface area contributed by atoms with Crippen molar-refractivity contribution in [1.29, 1.82) is 0 Å². The number of sulfonamides is 1. The second-order valence-corrected chi connectivity index (χ2v) is 7.85. The topological polar surface area (TPSA) is 80.3 Å². The predicted octanol–water partition coefficient (Wildman–Crippen LogP) is 4.60. The number of hydrogen-bond donors (Lipinski definition) is 2. The number of ether oxygens (including phenoxy) is 1. The number of halogens is 1. The largest absolute Gasteiger partial charge is 0.495 e. The lowest BCUT2D eigenvalue weighted by atomic mass is 10.2. The summed E-state index contributed by atoms with van der Waals surface area (Å²) in [6.45, 7) is 1.93. The highest BCUT2D eigenvalue weighted by atomic mass is 35.5. The maximum atomic E-state index is 12.8. The fourth-order valence-electron chi connectivity index (χ4n) is 2.41. The molecule has 0 aliphatic heterocycles. The van der Waals surface area contributed by atoms with Crippen molar-refractivity contribution in [3.8, 4) is 5.75 Å². The van der Waals surface area contributed by atoms with Gasteiger partial charge in [-0.15, -0.1) is 0 Å². The van der Waals surface area contributed by atoms with Gasteiger partial charge >= 0.3 is 0 Å². The number of nitrogens with one attached hydrogen (secondary N) is 2. The van der Waals surface area contributed by atoms with E-state index >= 15 is 0 Å². The molecule has 1 heterocycles. The molecule has 0 atom stereocenters. The monoisotopic (exact) mass is 403 g/mol. The van der Waals surface area contributed by atoms with E-state index in [2.05, 4.69) is 15.0 Å². The number of rotatable bonds is 6. The van der Waals surface area contributed by atoms with E-state index in [9.17, 15) is 8.42 Å². The first-order chi connectivity index (χ1) is 12.9. The number of hydrogen-bond acceptors (Lipinski definition) is 5. The highest BCUT2D eigenvalue weighted by Gasteiger charge is 2.20. The zero-order chi connectivity index (χ0) is 19.4. The van der Waals surface area contributed by atoms with Crippen molar-refractivity contribution in [3.05, 3.63) is 71.4 Å². The van der Waals surface area contributed by atoms with Crippen molar-refractivity contribution in [2.75, 3.05) is 17.1 Å². The third-order valence-corrected chi connectivity index (χ3v) is 5.49. The third-order valence-electron chi connectivity index (χ3n) is 3.78. The van der Waals surface area contributed by atoms with Gasteiger partial charge in [-0.1, -0.05) is 29.3 Å². The molecule has 0 radical (unpaired) electrons. The highest BCUT2D eigenvalue weighted by molar-refractivity contribution is 7.92. The van der Waals surface area contributed by atoms with Crippen LogP contribution in [0, 0.1) is 6.92 Å². The molecule has 140 valence electrons. The minimum atomic E-state index is -3.83. The molecule has 2 aromatic carbocycles. The molecule has 0 saturated heterocycles. The standard InChI is InChI=1S/C19H18ClN3O3S/c1-13-5-7-14(8-6-13)23-27(24,25)18-4-3-11-21-19(18)22-15-9-10-17(26-2)16(20)12-15/h3-12,23H,1-2H3,(H,21,22). The molecule has 0 unspecified atom stereocenters. The van der Waals surface area contributed by atoms with E-state index in [0.717, 1.165) is 5.56 Å². The van der Waals surface area contributed by atoms with Crippen LogP contribution in [0.1, 0.15) is 5.56 Å². The van der Waals surface area contributed by atoms with E-state index < -0.39 is 10.0 Å². The van der Waals surface area contributed by atoms with Gasteiger partial charge in [0.15, 0.2) is 5.82 Å². The Bertz CT molecular complexity index is 1050. The Balaban J connectivity index is 1.91. The van der Waals surface area contributed by atoms with Crippen molar-refractivity contribution < 1.29 is 13.2 Å². The Labute approximate surface area is 163 Å². The Kier molecular flexibility index (Phi) is 5.53. The van der Waals surface area contributed by atoms with Crippen LogP contribution in [0.5, 0.6) is 5.75 Å². The molecule has 2 N–H and O–H groups in total. The van der Waals surface area contributed by atoms with Gasteiger partial charge in [0.1, 0.15) is 10.6 Å². The summed E-state index contributed by atoms with van der Waals surface area (Å²) in [7, 11) is -2.31. The SMILES string of the molecule is COc1ccc(Nc2ncccc2S(=O)(=O)Nc2ccc(C)cc2)cc1Cl. The number of aryl methyl sites for hydroxylation is 1. The van der Waals surface area contributed by atoms with Crippen LogP contribution in [0.3, 0.4) is 0 Å². The van der Waals surface area contributed by atoms with Gasteiger partial charge in [-0.25, -0.2) is 13.4 Å². The Morgan fingerprint density at radius 2 is 1.74 bits per heavy atom. The average molecular weight is 404 g/mol.